The number of esters is 1. The molecule has 1 aromatic rings. The summed E-state index contributed by atoms with van der Waals surface area (Å²) in [4.78, 5) is 30.3. The fourth-order valence-corrected chi connectivity index (χ4v) is 8.15. The molecule has 0 amide bonds. The highest BCUT2D eigenvalue weighted by Crippen LogP contribution is 2.68. The summed E-state index contributed by atoms with van der Waals surface area (Å²) in [6, 6.07) is 10.1. The number of hydrogen-bond acceptors (Lipinski definition) is 5. The zero-order valence-corrected chi connectivity index (χ0v) is 20.8. The van der Waals surface area contributed by atoms with E-state index in [0.717, 1.165) is 44.1 Å². The van der Waals surface area contributed by atoms with Gasteiger partial charge in [0.25, 0.3) is 0 Å². The molecule has 5 nitrogen and oxygen atoms in total. The average molecular weight is 474 g/mol. The molecule has 6 rings (SSSR count). The van der Waals surface area contributed by atoms with Crippen LogP contribution in [0.25, 0.3) is 0 Å². The van der Waals surface area contributed by atoms with Crippen LogP contribution >= 0.6 is 0 Å². The molecule has 0 bridgehead atoms. The van der Waals surface area contributed by atoms with Crippen LogP contribution in [0.1, 0.15) is 70.8 Å². The van der Waals surface area contributed by atoms with Gasteiger partial charge in [0.1, 0.15) is 12.2 Å². The first kappa shape index (κ1) is 22.8. The molecule has 5 aliphatic rings. The van der Waals surface area contributed by atoms with Gasteiger partial charge in [-0.15, -0.1) is 0 Å². The zero-order valence-electron chi connectivity index (χ0n) is 20.8. The number of ketones is 1. The Labute approximate surface area is 207 Å². The molecule has 3 fully saturated rings. The van der Waals surface area contributed by atoms with Crippen molar-refractivity contribution in [3.05, 3.63) is 59.2 Å². The number of hydrogen-bond donors (Lipinski definition) is 0. The molecule has 0 N–H and O–H groups in total. The van der Waals surface area contributed by atoms with E-state index in [4.69, 9.17) is 9.57 Å². The summed E-state index contributed by atoms with van der Waals surface area (Å²) in [6.45, 7) is 5.14. The smallest absolute Gasteiger partial charge is 0.306 e. The number of oxime groups is 1. The summed E-state index contributed by atoms with van der Waals surface area (Å²) in [5.74, 6) is 1.12. The third-order valence-corrected chi connectivity index (χ3v) is 10.2. The number of fused-ring (bicyclic) bond motifs is 6. The van der Waals surface area contributed by atoms with Crippen molar-refractivity contribution in [2.75, 3.05) is 0 Å². The number of nitrogens with zero attached hydrogens (tertiary/aromatic N) is 1. The summed E-state index contributed by atoms with van der Waals surface area (Å²) in [5.41, 5.74) is 3.36. The molecule has 1 heterocycles. The van der Waals surface area contributed by atoms with Gasteiger partial charge < -0.3 is 9.57 Å². The van der Waals surface area contributed by atoms with Gasteiger partial charge in [-0.1, -0.05) is 66.6 Å². The standard InChI is InChI=1S/C30H35NO4/c1-28-12-8-23(32)17-22(28)16-21(18-31-34-19-20-6-4-3-5-7-20)27-24(28)9-13-29(2)25(27)10-14-30(29)15-11-26(33)35-30/h3-7,9,17-18,21,25,27H,8,10-16,19H2,1-2H3/b31-18-/t21?,25?,27?,28-,29-,30+/m0/s1. The third-order valence-electron chi connectivity index (χ3n) is 10.2. The Balaban J connectivity index is 1.34. The van der Waals surface area contributed by atoms with E-state index in [9.17, 15) is 9.59 Å². The van der Waals surface area contributed by atoms with Crippen LogP contribution in [0.5, 0.6) is 0 Å². The summed E-state index contributed by atoms with van der Waals surface area (Å²) < 4.78 is 6.11. The maximum atomic E-state index is 12.4. The lowest BCUT2D eigenvalue weighted by Gasteiger charge is -2.56. The second-order valence-corrected chi connectivity index (χ2v) is 11.8. The topological polar surface area (TPSA) is 65.0 Å². The third kappa shape index (κ3) is 3.45. The number of rotatable bonds is 4. The SMILES string of the molecule is C[C@]12CCC(=O)C=C1CC(/C=N\OCc1ccccc1)C1C2=CC[C@@]2(C)C1CC[C@@]21CCC(=O)O1. The summed E-state index contributed by atoms with van der Waals surface area (Å²) in [5, 5.41) is 4.45. The summed E-state index contributed by atoms with van der Waals surface area (Å²) in [7, 11) is 0. The van der Waals surface area contributed by atoms with Crippen molar-refractivity contribution in [3.8, 4) is 0 Å². The van der Waals surface area contributed by atoms with E-state index in [0.29, 0.717) is 31.3 Å². The lowest BCUT2D eigenvalue weighted by Crippen LogP contribution is -2.53. The Morgan fingerprint density at radius 2 is 1.94 bits per heavy atom. The van der Waals surface area contributed by atoms with E-state index in [1.807, 2.05) is 42.6 Å². The molecule has 184 valence electrons. The number of allylic oxidation sites excluding steroid dienone is 4. The fourth-order valence-electron chi connectivity index (χ4n) is 8.15. The van der Waals surface area contributed by atoms with E-state index in [-0.39, 0.29) is 34.1 Å². The van der Waals surface area contributed by atoms with Gasteiger partial charge in [0.05, 0.1) is 0 Å². The monoisotopic (exact) mass is 473 g/mol. The van der Waals surface area contributed by atoms with E-state index in [2.05, 4.69) is 25.1 Å². The number of benzene rings is 1. The summed E-state index contributed by atoms with van der Waals surface area (Å²) in [6.07, 6.45) is 13.0. The van der Waals surface area contributed by atoms with Crippen molar-refractivity contribution in [2.24, 2.45) is 33.7 Å². The highest BCUT2D eigenvalue weighted by atomic mass is 16.6. The fraction of sp³-hybridized carbons (Fsp3) is 0.567. The molecule has 1 aromatic carbocycles. The molecule has 0 radical (unpaired) electrons. The maximum absolute atomic E-state index is 12.4. The molecular formula is C30H35NO4. The predicted octanol–water partition coefficient (Wildman–Crippen LogP) is 5.94. The molecule has 1 saturated heterocycles. The van der Waals surface area contributed by atoms with Crippen LogP contribution in [0, 0.1) is 28.6 Å². The normalized spacial score (nSPS) is 40.1. The summed E-state index contributed by atoms with van der Waals surface area (Å²) >= 11 is 0. The highest BCUT2D eigenvalue weighted by molar-refractivity contribution is 5.92. The van der Waals surface area contributed by atoms with E-state index in [1.54, 1.807) is 0 Å². The molecule has 2 saturated carbocycles. The van der Waals surface area contributed by atoms with Crippen LogP contribution in [0.2, 0.25) is 0 Å². The second kappa shape index (κ2) is 8.18. The van der Waals surface area contributed by atoms with Gasteiger partial charge in [0.15, 0.2) is 5.78 Å². The Morgan fingerprint density at radius 3 is 2.71 bits per heavy atom. The van der Waals surface area contributed by atoms with Crippen molar-refractivity contribution in [3.63, 3.8) is 0 Å². The van der Waals surface area contributed by atoms with Crippen LogP contribution in [0.3, 0.4) is 0 Å². The molecule has 35 heavy (non-hydrogen) atoms. The van der Waals surface area contributed by atoms with Crippen molar-refractivity contribution in [1.82, 2.24) is 0 Å². The van der Waals surface area contributed by atoms with Crippen LogP contribution in [-0.2, 0) is 25.8 Å². The molecule has 1 spiro atoms. The predicted molar refractivity (Wildman–Crippen MR) is 133 cm³/mol. The molecule has 6 atom stereocenters. The van der Waals surface area contributed by atoms with Gasteiger partial charge in [-0.05, 0) is 62.0 Å². The minimum Gasteiger partial charge on any atom is -0.458 e. The largest absolute Gasteiger partial charge is 0.458 e. The van der Waals surface area contributed by atoms with Crippen molar-refractivity contribution in [1.29, 1.82) is 0 Å². The first-order valence-electron chi connectivity index (χ1n) is 13.2. The Hall–Kier alpha value is -2.69. The Bertz CT molecular complexity index is 1140. The van der Waals surface area contributed by atoms with Crippen LogP contribution in [0.4, 0.5) is 0 Å². The first-order valence-corrected chi connectivity index (χ1v) is 13.2. The van der Waals surface area contributed by atoms with E-state index >= 15 is 0 Å². The van der Waals surface area contributed by atoms with Gasteiger partial charge in [-0.3, -0.25) is 9.59 Å². The Morgan fingerprint density at radius 1 is 1.11 bits per heavy atom. The minimum atomic E-state index is -0.332. The van der Waals surface area contributed by atoms with Gasteiger partial charge >= 0.3 is 5.97 Å². The molecule has 1 aliphatic heterocycles. The number of ether oxygens (including phenoxy) is 1. The molecule has 0 aromatic heterocycles. The molecule has 5 heteroatoms. The minimum absolute atomic E-state index is 0.0410. The molecule has 4 aliphatic carbocycles. The number of carbonyl (C=O) groups excluding carboxylic acids is 2. The van der Waals surface area contributed by atoms with E-state index < -0.39 is 0 Å². The van der Waals surface area contributed by atoms with Crippen LogP contribution in [0.15, 0.2) is 58.8 Å². The lowest BCUT2D eigenvalue weighted by atomic mass is 9.48. The van der Waals surface area contributed by atoms with Gasteiger partial charge in [-0.25, -0.2) is 0 Å². The Kier molecular flexibility index (Phi) is 5.32. The highest BCUT2D eigenvalue weighted by Gasteiger charge is 2.66. The average Bonchev–Trinajstić information content (AvgIpc) is 3.38. The van der Waals surface area contributed by atoms with Crippen LogP contribution in [-0.4, -0.2) is 23.6 Å². The molecular weight excluding hydrogens is 438 g/mol. The van der Waals surface area contributed by atoms with Gasteiger partial charge in [-0.2, -0.15) is 0 Å². The van der Waals surface area contributed by atoms with Crippen molar-refractivity contribution in [2.45, 2.75) is 77.4 Å². The van der Waals surface area contributed by atoms with Gasteiger partial charge in [0, 0.05) is 35.8 Å². The molecule has 3 unspecified atom stereocenters. The van der Waals surface area contributed by atoms with Crippen LogP contribution < -0.4 is 0 Å². The first-order chi connectivity index (χ1) is 16.8. The lowest BCUT2D eigenvalue weighted by molar-refractivity contribution is -0.160. The zero-order chi connectivity index (χ0) is 24.3. The van der Waals surface area contributed by atoms with Crippen molar-refractivity contribution < 1.29 is 19.2 Å². The number of carbonyl (C=O) groups is 2. The quantitative estimate of drug-likeness (QED) is 0.235. The van der Waals surface area contributed by atoms with Gasteiger partial charge in [0.2, 0.25) is 0 Å². The second-order valence-electron chi connectivity index (χ2n) is 11.8. The van der Waals surface area contributed by atoms with Crippen molar-refractivity contribution >= 4 is 18.0 Å². The van der Waals surface area contributed by atoms with E-state index in [1.165, 1.54) is 11.1 Å². The maximum Gasteiger partial charge on any atom is 0.306 e.